The summed E-state index contributed by atoms with van der Waals surface area (Å²) in [7, 11) is 0. The maximum absolute atomic E-state index is 11.5. The van der Waals surface area contributed by atoms with Gasteiger partial charge in [-0.3, -0.25) is 14.3 Å². The van der Waals surface area contributed by atoms with Crippen molar-refractivity contribution < 1.29 is 4.74 Å². The lowest BCUT2D eigenvalue weighted by molar-refractivity contribution is 0.340. The van der Waals surface area contributed by atoms with Crippen LogP contribution >= 0.6 is 11.8 Å². The summed E-state index contributed by atoms with van der Waals surface area (Å²) in [5.74, 6) is 1.40. The van der Waals surface area contributed by atoms with Crippen molar-refractivity contribution in [1.29, 1.82) is 0 Å². The first-order chi connectivity index (χ1) is 12.1. The zero-order valence-electron chi connectivity index (χ0n) is 13.8. The standard InChI is InChI=1S/C16H17N5O3S/c1-3-24-12-6-4-11(5-7-12)21-13(19-20-16(21)25-2)8-10-9-14(22)18-15(23)17-10/h4-7,9H,3,8H2,1-2H3,(H2,17,18,22,23). The summed E-state index contributed by atoms with van der Waals surface area (Å²) in [6.45, 7) is 2.53. The molecule has 2 N–H and O–H groups in total. The molecule has 0 radical (unpaired) electrons. The van der Waals surface area contributed by atoms with Gasteiger partial charge in [-0.1, -0.05) is 11.8 Å². The topological polar surface area (TPSA) is 106 Å². The van der Waals surface area contributed by atoms with Crippen molar-refractivity contribution in [3.05, 3.63) is 62.7 Å². The average molecular weight is 359 g/mol. The third-order valence-corrected chi connectivity index (χ3v) is 4.08. The molecule has 3 rings (SSSR count). The summed E-state index contributed by atoms with van der Waals surface area (Å²) in [4.78, 5) is 27.7. The van der Waals surface area contributed by atoms with Gasteiger partial charge in [0, 0.05) is 23.9 Å². The van der Waals surface area contributed by atoms with Crippen molar-refractivity contribution in [2.24, 2.45) is 0 Å². The van der Waals surface area contributed by atoms with Gasteiger partial charge in [0.15, 0.2) is 5.16 Å². The Morgan fingerprint density at radius 1 is 1.16 bits per heavy atom. The van der Waals surface area contributed by atoms with E-state index in [9.17, 15) is 9.59 Å². The minimum atomic E-state index is -0.542. The molecule has 0 spiro atoms. The Bertz CT molecular complexity index is 946. The summed E-state index contributed by atoms with van der Waals surface area (Å²) in [6, 6.07) is 8.93. The van der Waals surface area contributed by atoms with Crippen LogP contribution in [0.15, 0.2) is 45.1 Å². The average Bonchev–Trinajstić information content (AvgIpc) is 2.97. The first kappa shape index (κ1) is 17.0. The molecule has 2 aromatic heterocycles. The first-order valence-corrected chi connectivity index (χ1v) is 8.87. The molecule has 0 unspecified atom stereocenters. The molecule has 3 aromatic rings. The predicted octanol–water partition coefficient (Wildman–Crippen LogP) is 1.36. The number of nitrogens with zero attached hydrogens (tertiary/aromatic N) is 3. The molecule has 0 atom stereocenters. The van der Waals surface area contributed by atoms with Gasteiger partial charge < -0.3 is 9.72 Å². The molecule has 0 amide bonds. The second-order valence-corrected chi connectivity index (χ2v) is 5.93. The highest BCUT2D eigenvalue weighted by Crippen LogP contribution is 2.23. The zero-order valence-corrected chi connectivity index (χ0v) is 14.6. The number of aromatic nitrogens is 5. The highest BCUT2D eigenvalue weighted by atomic mass is 32.2. The fraction of sp³-hybridized carbons (Fsp3) is 0.250. The van der Waals surface area contributed by atoms with Gasteiger partial charge in [-0.25, -0.2) is 4.79 Å². The highest BCUT2D eigenvalue weighted by molar-refractivity contribution is 7.98. The summed E-state index contributed by atoms with van der Waals surface area (Å²) in [5.41, 5.74) is 0.358. The number of H-pyrrole nitrogens is 2. The third-order valence-electron chi connectivity index (χ3n) is 3.45. The quantitative estimate of drug-likeness (QED) is 0.644. The van der Waals surface area contributed by atoms with Crippen LogP contribution in [0.2, 0.25) is 0 Å². The van der Waals surface area contributed by atoms with E-state index in [0.717, 1.165) is 11.4 Å². The van der Waals surface area contributed by atoms with E-state index in [1.54, 1.807) is 0 Å². The molecule has 2 heterocycles. The van der Waals surface area contributed by atoms with E-state index in [1.807, 2.05) is 42.0 Å². The molecule has 0 fully saturated rings. The summed E-state index contributed by atoms with van der Waals surface area (Å²) in [5, 5.41) is 9.10. The van der Waals surface area contributed by atoms with Crippen LogP contribution in [0, 0.1) is 0 Å². The normalized spacial score (nSPS) is 10.8. The Hall–Kier alpha value is -2.81. The minimum absolute atomic E-state index is 0.278. The molecule has 0 saturated carbocycles. The van der Waals surface area contributed by atoms with Crippen LogP contribution in [-0.2, 0) is 6.42 Å². The minimum Gasteiger partial charge on any atom is -0.494 e. The van der Waals surface area contributed by atoms with E-state index in [4.69, 9.17) is 4.74 Å². The third kappa shape index (κ3) is 3.82. The molecule has 130 valence electrons. The molecule has 0 aliphatic carbocycles. The number of ether oxygens (including phenoxy) is 1. The van der Waals surface area contributed by atoms with E-state index < -0.39 is 11.2 Å². The molecule has 25 heavy (non-hydrogen) atoms. The number of aromatic amines is 2. The monoisotopic (exact) mass is 359 g/mol. The number of hydrogen-bond acceptors (Lipinski definition) is 6. The lowest BCUT2D eigenvalue weighted by Crippen LogP contribution is -2.23. The van der Waals surface area contributed by atoms with Crippen molar-refractivity contribution in [2.45, 2.75) is 18.5 Å². The van der Waals surface area contributed by atoms with Gasteiger partial charge in [-0.15, -0.1) is 10.2 Å². The lowest BCUT2D eigenvalue weighted by Gasteiger charge is -2.10. The molecule has 0 aliphatic heterocycles. The molecule has 0 bridgehead atoms. The van der Waals surface area contributed by atoms with Gasteiger partial charge in [0.1, 0.15) is 11.6 Å². The molecule has 9 heteroatoms. The molecule has 1 aromatic carbocycles. The predicted molar refractivity (Wildman–Crippen MR) is 94.8 cm³/mol. The number of nitrogens with one attached hydrogen (secondary N) is 2. The molecular formula is C16H17N5O3S. The molecular weight excluding hydrogens is 342 g/mol. The number of benzene rings is 1. The van der Waals surface area contributed by atoms with Crippen LogP contribution in [0.3, 0.4) is 0 Å². The number of hydrogen-bond donors (Lipinski definition) is 2. The Balaban J connectivity index is 2.00. The van der Waals surface area contributed by atoms with Crippen LogP contribution in [0.4, 0.5) is 0 Å². The Morgan fingerprint density at radius 2 is 1.92 bits per heavy atom. The van der Waals surface area contributed by atoms with E-state index in [1.165, 1.54) is 17.8 Å². The molecule has 0 aliphatic rings. The number of thioether (sulfide) groups is 1. The number of rotatable bonds is 6. The Kier molecular flexibility index (Phi) is 5.03. The van der Waals surface area contributed by atoms with Gasteiger partial charge in [0.25, 0.3) is 5.56 Å². The van der Waals surface area contributed by atoms with Crippen LogP contribution in [0.1, 0.15) is 18.4 Å². The van der Waals surface area contributed by atoms with E-state index in [2.05, 4.69) is 20.2 Å². The Morgan fingerprint density at radius 3 is 2.56 bits per heavy atom. The summed E-state index contributed by atoms with van der Waals surface area (Å²) < 4.78 is 7.35. The van der Waals surface area contributed by atoms with Crippen molar-refractivity contribution >= 4 is 11.8 Å². The van der Waals surface area contributed by atoms with Gasteiger partial charge in [0.2, 0.25) is 0 Å². The van der Waals surface area contributed by atoms with Gasteiger partial charge >= 0.3 is 5.69 Å². The highest BCUT2D eigenvalue weighted by Gasteiger charge is 2.14. The maximum atomic E-state index is 11.5. The van der Waals surface area contributed by atoms with Crippen molar-refractivity contribution in [1.82, 2.24) is 24.7 Å². The largest absolute Gasteiger partial charge is 0.494 e. The lowest BCUT2D eigenvalue weighted by atomic mass is 10.2. The SMILES string of the molecule is CCOc1ccc(-n2c(Cc3cc(=O)[nH]c(=O)[nH]3)nnc2SC)cc1. The maximum Gasteiger partial charge on any atom is 0.325 e. The van der Waals surface area contributed by atoms with Crippen LogP contribution in [-0.4, -0.2) is 37.6 Å². The van der Waals surface area contributed by atoms with E-state index >= 15 is 0 Å². The van der Waals surface area contributed by atoms with Gasteiger partial charge in [-0.05, 0) is 37.4 Å². The zero-order chi connectivity index (χ0) is 17.8. The fourth-order valence-corrected chi connectivity index (χ4v) is 2.97. The van der Waals surface area contributed by atoms with Crippen molar-refractivity contribution in [3.63, 3.8) is 0 Å². The van der Waals surface area contributed by atoms with Crippen molar-refractivity contribution in [2.75, 3.05) is 12.9 Å². The van der Waals surface area contributed by atoms with Gasteiger partial charge in [0.05, 0.1) is 6.61 Å². The Labute approximate surface area is 147 Å². The van der Waals surface area contributed by atoms with Crippen LogP contribution < -0.4 is 16.0 Å². The summed E-state index contributed by atoms with van der Waals surface area (Å²) in [6.07, 6.45) is 2.19. The van der Waals surface area contributed by atoms with E-state index in [-0.39, 0.29) is 6.42 Å². The van der Waals surface area contributed by atoms with Crippen LogP contribution in [0.25, 0.3) is 5.69 Å². The van der Waals surface area contributed by atoms with Crippen molar-refractivity contribution in [3.8, 4) is 11.4 Å². The fourth-order valence-electron chi connectivity index (χ4n) is 2.45. The second-order valence-electron chi connectivity index (χ2n) is 5.15. The van der Waals surface area contributed by atoms with E-state index in [0.29, 0.717) is 23.3 Å². The van der Waals surface area contributed by atoms with Gasteiger partial charge in [-0.2, -0.15) is 0 Å². The molecule has 8 nitrogen and oxygen atoms in total. The molecule has 0 saturated heterocycles. The first-order valence-electron chi connectivity index (χ1n) is 7.64. The summed E-state index contributed by atoms with van der Waals surface area (Å²) >= 11 is 1.46. The second kappa shape index (κ2) is 7.39. The van der Waals surface area contributed by atoms with Crippen LogP contribution in [0.5, 0.6) is 5.75 Å². The smallest absolute Gasteiger partial charge is 0.325 e.